The van der Waals surface area contributed by atoms with Gasteiger partial charge in [-0.1, -0.05) is 0 Å². The number of aromatic nitrogens is 4. The highest BCUT2D eigenvalue weighted by atomic mass is 16.6. The molecule has 1 atom stereocenters. The molecule has 3 amide bonds. The lowest BCUT2D eigenvalue weighted by atomic mass is 10.1. The number of aryl methyl sites for hydroxylation is 1. The molecule has 13 heteroatoms. The van der Waals surface area contributed by atoms with Crippen molar-refractivity contribution in [2.24, 2.45) is 12.9 Å². The SMILES string of the molecule is Cn1nnc(CNC(=O)C(CCCCNC(=O)CON)NC(=O)C[N+](C)(C)C)n1. The molecule has 164 valence electrons. The predicted octanol–water partition coefficient (Wildman–Crippen LogP) is -2.81. The van der Waals surface area contributed by atoms with E-state index in [0.717, 1.165) is 0 Å². The second kappa shape index (κ2) is 12.0. The molecule has 0 aliphatic rings. The highest BCUT2D eigenvalue weighted by Gasteiger charge is 2.23. The molecular weight excluding hydrogens is 382 g/mol. The molecule has 1 heterocycles. The van der Waals surface area contributed by atoms with Gasteiger partial charge in [-0.25, -0.2) is 5.90 Å². The van der Waals surface area contributed by atoms with Crippen LogP contribution in [0.15, 0.2) is 0 Å². The van der Waals surface area contributed by atoms with Gasteiger partial charge in [0.25, 0.3) is 5.91 Å². The fourth-order valence-corrected chi connectivity index (χ4v) is 2.45. The summed E-state index contributed by atoms with van der Waals surface area (Å²) in [5, 5.41) is 19.7. The van der Waals surface area contributed by atoms with E-state index in [9.17, 15) is 14.4 Å². The molecule has 0 aliphatic heterocycles. The van der Waals surface area contributed by atoms with Crippen LogP contribution >= 0.6 is 0 Å². The van der Waals surface area contributed by atoms with Crippen molar-refractivity contribution in [2.75, 3.05) is 40.8 Å². The first-order valence-electron chi connectivity index (χ1n) is 9.29. The third kappa shape index (κ3) is 11.1. The Labute approximate surface area is 169 Å². The van der Waals surface area contributed by atoms with Crippen molar-refractivity contribution in [1.29, 1.82) is 0 Å². The largest absolute Gasteiger partial charge is 0.354 e. The van der Waals surface area contributed by atoms with Crippen LogP contribution in [0.2, 0.25) is 0 Å². The minimum absolute atomic E-state index is 0.115. The number of hydrogen-bond donors (Lipinski definition) is 4. The maximum Gasteiger partial charge on any atom is 0.275 e. The van der Waals surface area contributed by atoms with Gasteiger partial charge in [-0.15, -0.1) is 10.2 Å². The molecule has 0 aromatic carbocycles. The molecule has 5 N–H and O–H groups in total. The summed E-state index contributed by atoms with van der Waals surface area (Å²) in [5.41, 5.74) is 0. The van der Waals surface area contributed by atoms with Crippen LogP contribution in [-0.2, 0) is 32.8 Å². The van der Waals surface area contributed by atoms with Gasteiger partial charge in [0.05, 0.1) is 34.7 Å². The van der Waals surface area contributed by atoms with Crippen molar-refractivity contribution in [3.8, 4) is 0 Å². The first kappa shape index (κ1) is 24.4. The standard InChI is InChI=1S/C16H31N9O4/c1-24-22-13(21-23-24)9-19-16(28)12(20-14(26)10-25(2,3)4)7-5-6-8-18-15(27)11-29-17/h12H,5-11,17H2,1-4H3,(H2-,18,19,20,26,27,28)/p+1. The fraction of sp³-hybridized carbons (Fsp3) is 0.750. The lowest BCUT2D eigenvalue weighted by molar-refractivity contribution is -0.862. The van der Waals surface area contributed by atoms with Crippen LogP contribution in [0.25, 0.3) is 0 Å². The highest BCUT2D eigenvalue weighted by molar-refractivity contribution is 5.87. The zero-order chi connectivity index (χ0) is 21.9. The van der Waals surface area contributed by atoms with Crippen LogP contribution in [0.3, 0.4) is 0 Å². The van der Waals surface area contributed by atoms with Crippen LogP contribution in [0, 0.1) is 0 Å². The lowest BCUT2D eigenvalue weighted by Gasteiger charge is -2.25. The van der Waals surface area contributed by atoms with Gasteiger partial charge in [0.15, 0.2) is 12.4 Å². The Balaban J connectivity index is 2.54. The Kier molecular flexibility index (Phi) is 10.1. The van der Waals surface area contributed by atoms with Crippen molar-refractivity contribution >= 4 is 17.7 Å². The number of hydrogen-bond acceptors (Lipinski definition) is 8. The van der Waals surface area contributed by atoms with E-state index >= 15 is 0 Å². The molecule has 29 heavy (non-hydrogen) atoms. The van der Waals surface area contributed by atoms with Gasteiger partial charge in [0, 0.05) is 6.54 Å². The van der Waals surface area contributed by atoms with E-state index < -0.39 is 6.04 Å². The summed E-state index contributed by atoms with van der Waals surface area (Å²) in [6.07, 6.45) is 1.68. The summed E-state index contributed by atoms with van der Waals surface area (Å²) in [6.45, 7) is 0.573. The smallest absolute Gasteiger partial charge is 0.275 e. The summed E-state index contributed by atoms with van der Waals surface area (Å²) >= 11 is 0. The number of likely N-dealkylation sites (N-methyl/N-ethyl adjacent to an activating group) is 1. The third-order valence-corrected chi connectivity index (χ3v) is 3.70. The Hall–Kier alpha value is -2.64. The molecule has 1 aromatic rings. The number of tetrazole rings is 1. The molecule has 1 aromatic heterocycles. The van der Waals surface area contributed by atoms with Gasteiger partial charge in [-0.2, -0.15) is 4.80 Å². The van der Waals surface area contributed by atoms with Gasteiger partial charge in [-0.05, 0) is 24.5 Å². The number of nitrogens with two attached hydrogens (primary N) is 1. The van der Waals surface area contributed by atoms with Crippen LogP contribution < -0.4 is 21.8 Å². The summed E-state index contributed by atoms with van der Waals surface area (Å²) < 4.78 is 0.443. The molecule has 0 radical (unpaired) electrons. The number of rotatable bonds is 13. The van der Waals surface area contributed by atoms with E-state index in [1.54, 1.807) is 7.05 Å². The average Bonchev–Trinajstić information content (AvgIpc) is 3.02. The average molecular weight is 414 g/mol. The monoisotopic (exact) mass is 414 g/mol. The number of carbonyl (C=O) groups excluding carboxylic acids is 3. The maximum absolute atomic E-state index is 12.6. The summed E-state index contributed by atoms with van der Waals surface area (Å²) in [5.74, 6) is 4.36. The molecule has 0 spiro atoms. The Morgan fingerprint density at radius 3 is 2.48 bits per heavy atom. The van der Waals surface area contributed by atoms with Crippen molar-refractivity contribution in [1.82, 2.24) is 36.2 Å². The highest BCUT2D eigenvalue weighted by Crippen LogP contribution is 2.03. The number of nitrogens with zero attached hydrogens (tertiary/aromatic N) is 5. The minimum atomic E-state index is -0.700. The van der Waals surface area contributed by atoms with Crippen molar-refractivity contribution in [3.05, 3.63) is 5.82 Å². The first-order valence-corrected chi connectivity index (χ1v) is 9.29. The predicted molar refractivity (Wildman–Crippen MR) is 102 cm³/mol. The van der Waals surface area contributed by atoms with E-state index in [2.05, 4.69) is 36.2 Å². The van der Waals surface area contributed by atoms with E-state index in [4.69, 9.17) is 5.90 Å². The van der Waals surface area contributed by atoms with Gasteiger partial charge < -0.3 is 20.4 Å². The summed E-state index contributed by atoms with van der Waals surface area (Å²) in [4.78, 5) is 41.7. The van der Waals surface area contributed by atoms with Gasteiger partial charge in [-0.3, -0.25) is 19.2 Å². The van der Waals surface area contributed by atoms with E-state index in [0.29, 0.717) is 36.1 Å². The fourth-order valence-electron chi connectivity index (χ4n) is 2.45. The number of amides is 3. The second-order valence-electron chi connectivity index (χ2n) is 7.64. The third-order valence-electron chi connectivity index (χ3n) is 3.70. The van der Waals surface area contributed by atoms with Crippen LogP contribution in [0.4, 0.5) is 0 Å². The summed E-state index contributed by atoms with van der Waals surface area (Å²) in [6, 6.07) is -0.700. The maximum atomic E-state index is 12.6. The topological polar surface area (TPSA) is 166 Å². The van der Waals surface area contributed by atoms with E-state index in [1.807, 2.05) is 21.1 Å². The Bertz CT molecular complexity index is 672. The molecule has 13 nitrogen and oxygen atoms in total. The summed E-state index contributed by atoms with van der Waals surface area (Å²) in [7, 11) is 7.30. The Morgan fingerprint density at radius 2 is 1.90 bits per heavy atom. The molecule has 0 saturated heterocycles. The lowest BCUT2D eigenvalue weighted by Crippen LogP contribution is -2.51. The van der Waals surface area contributed by atoms with Gasteiger partial charge >= 0.3 is 0 Å². The zero-order valence-electron chi connectivity index (χ0n) is 17.5. The Morgan fingerprint density at radius 1 is 1.17 bits per heavy atom. The number of unbranched alkanes of at least 4 members (excludes halogenated alkanes) is 1. The number of quaternary nitrogens is 1. The first-order chi connectivity index (χ1) is 13.6. The van der Waals surface area contributed by atoms with Crippen molar-refractivity contribution < 1.29 is 23.7 Å². The number of nitrogens with one attached hydrogen (secondary N) is 3. The van der Waals surface area contributed by atoms with Crippen molar-refractivity contribution in [3.63, 3.8) is 0 Å². The van der Waals surface area contributed by atoms with Gasteiger partial charge in [0.2, 0.25) is 11.8 Å². The minimum Gasteiger partial charge on any atom is -0.354 e. The van der Waals surface area contributed by atoms with Crippen LogP contribution in [0.1, 0.15) is 25.1 Å². The van der Waals surface area contributed by atoms with Crippen LogP contribution in [-0.4, -0.2) is 89.3 Å². The molecule has 0 saturated carbocycles. The quantitative estimate of drug-likeness (QED) is 0.152. The number of carbonyl (C=O) groups is 3. The van der Waals surface area contributed by atoms with Crippen molar-refractivity contribution in [2.45, 2.75) is 31.8 Å². The molecule has 1 rings (SSSR count). The molecule has 0 bridgehead atoms. The molecule has 0 fully saturated rings. The molecule has 0 aliphatic carbocycles. The normalized spacial score (nSPS) is 12.3. The zero-order valence-corrected chi connectivity index (χ0v) is 17.5. The molecular formula is C16H32N9O4+. The van der Waals surface area contributed by atoms with E-state index in [1.165, 1.54) is 4.80 Å². The van der Waals surface area contributed by atoms with Gasteiger partial charge in [0.1, 0.15) is 12.6 Å². The molecule has 1 unspecified atom stereocenters. The van der Waals surface area contributed by atoms with E-state index in [-0.39, 0.29) is 37.4 Å². The van der Waals surface area contributed by atoms with Crippen LogP contribution in [0.5, 0.6) is 0 Å². The second-order valence-corrected chi connectivity index (χ2v) is 7.64.